The van der Waals surface area contributed by atoms with Crippen LogP contribution in [0.2, 0.25) is 0 Å². The number of anilines is 2. The summed E-state index contributed by atoms with van der Waals surface area (Å²) in [5.41, 5.74) is 0.338. The van der Waals surface area contributed by atoms with Gasteiger partial charge in [0.25, 0.3) is 10.0 Å². The van der Waals surface area contributed by atoms with Gasteiger partial charge in [-0.25, -0.2) is 21.2 Å². The number of halogens is 1. The number of sulfonamides is 2. The molecule has 2 N–H and O–H groups in total. The summed E-state index contributed by atoms with van der Waals surface area (Å²) in [5.74, 6) is -0.562. The zero-order valence-corrected chi connectivity index (χ0v) is 13.1. The van der Waals surface area contributed by atoms with Crippen LogP contribution >= 0.6 is 0 Å². The third-order valence-electron chi connectivity index (χ3n) is 2.54. The molecule has 0 amide bonds. The van der Waals surface area contributed by atoms with Crippen LogP contribution in [-0.2, 0) is 20.0 Å². The number of benzene rings is 2. The van der Waals surface area contributed by atoms with E-state index < -0.39 is 25.9 Å². The van der Waals surface area contributed by atoms with Gasteiger partial charge in [-0.05, 0) is 42.5 Å². The van der Waals surface area contributed by atoms with Gasteiger partial charge in [0.2, 0.25) is 10.0 Å². The van der Waals surface area contributed by atoms with Crippen molar-refractivity contribution in [2.75, 3.05) is 15.7 Å². The number of hydrogen-bond acceptors (Lipinski definition) is 4. The van der Waals surface area contributed by atoms with Crippen LogP contribution in [0.15, 0.2) is 53.4 Å². The van der Waals surface area contributed by atoms with Crippen LogP contribution in [0.3, 0.4) is 0 Å². The average Bonchev–Trinajstić information content (AvgIpc) is 2.36. The van der Waals surface area contributed by atoms with E-state index in [1.807, 2.05) is 0 Å². The highest BCUT2D eigenvalue weighted by atomic mass is 32.2. The molecule has 0 aliphatic heterocycles. The van der Waals surface area contributed by atoms with E-state index >= 15 is 0 Å². The van der Waals surface area contributed by atoms with E-state index in [2.05, 4.69) is 9.44 Å². The highest BCUT2D eigenvalue weighted by Crippen LogP contribution is 2.19. The largest absolute Gasteiger partial charge is 0.284 e. The second-order valence-corrected chi connectivity index (χ2v) is 7.95. The highest BCUT2D eigenvalue weighted by Gasteiger charge is 2.14. The summed E-state index contributed by atoms with van der Waals surface area (Å²) >= 11 is 0. The maximum absolute atomic E-state index is 13.1. The lowest BCUT2D eigenvalue weighted by Gasteiger charge is -2.09. The Balaban J connectivity index is 2.23. The van der Waals surface area contributed by atoms with Crippen LogP contribution in [-0.4, -0.2) is 23.1 Å². The number of rotatable bonds is 5. The van der Waals surface area contributed by atoms with Gasteiger partial charge in [0.05, 0.1) is 16.8 Å². The van der Waals surface area contributed by atoms with E-state index in [1.54, 1.807) is 0 Å². The van der Waals surface area contributed by atoms with Crippen molar-refractivity contribution in [1.82, 2.24) is 0 Å². The Labute approximate surface area is 128 Å². The quantitative estimate of drug-likeness (QED) is 0.868. The molecule has 0 saturated carbocycles. The predicted molar refractivity (Wildman–Crippen MR) is 82.1 cm³/mol. The summed E-state index contributed by atoms with van der Waals surface area (Å²) in [5, 5.41) is 0. The first-order chi connectivity index (χ1) is 10.2. The molecule has 2 rings (SSSR count). The van der Waals surface area contributed by atoms with Crippen molar-refractivity contribution in [1.29, 1.82) is 0 Å². The molecule has 118 valence electrons. The molecular weight excluding hydrogens is 331 g/mol. The van der Waals surface area contributed by atoms with Crippen LogP contribution < -0.4 is 9.44 Å². The lowest BCUT2D eigenvalue weighted by molar-refractivity contribution is 0.601. The molecule has 0 heterocycles. The first kappa shape index (κ1) is 16.2. The molecule has 22 heavy (non-hydrogen) atoms. The van der Waals surface area contributed by atoms with Crippen LogP contribution in [0.4, 0.5) is 15.8 Å². The third kappa shape index (κ3) is 4.43. The SMILES string of the molecule is CS(=O)(=O)Nc1ccc(S(=O)(=O)Nc2cccc(F)c2)cc1. The molecule has 2 aromatic carbocycles. The van der Waals surface area contributed by atoms with Gasteiger partial charge >= 0.3 is 0 Å². The van der Waals surface area contributed by atoms with E-state index in [4.69, 9.17) is 0 Å². The van der Waals surface area contributed by atoms with Crippen LogP contribution in [0, 0.1) is 5.82 Å². The summed E-state index contributed by atoms with van der Waals surface area (Å²) in [6, 6.07) is 10.2. The standard InChI is InChI=1S/C13H13FN2O4S2/c1-21(17,18)15-11-5-7-13(8-6-11)22(19,20)16-12-4-2-3-10(14)9-12/h2-9,15-16H,1H3. The molecular formula is C13H13FN2O4S2. The Hall–Kier alpha value is -2.13. The molecule has 0 radical (unpaired) electrons. The summed E-state index contributed by atoms with van der Waals surface area (Å²) in [7, 11) is -7.32. The topological polar surface area (TPSA) is 92.3 Å². The van der Waals surface area contributed by atoms with Gasteiger partial charge in [-0.15, -0.1) is 0 Å². The molecule has 9 heteroatoms. The Morgan fingerprint density at radius 3 is 2.05 bits per heavy atom. The fourth-order valence-corrected chi connectivity index (χ4v) is 3.30. The number of hydrogen-bond donors (Lipinski definition) is 2. The second-order valence-electron chi connectivity index (χ2n) is 4.51. The molecule has 6 nitrogen and oxygen atoms in total. The van der Waals surface area contributed by atoms with Gasteiger partial charge in [0, 0.05) is 5.69 Å². The summed E-state index contributed by atoms with van der Waals surface area (Å²) < 4.78 is 63.9. The first-order valence-corrected chi connectivity index (χ1v) is 9.39. The summed E-state index contributed by atoms with van der Waals surface area (Å²) in [4.78, 5) is -0.0733. The predicted octanol–water partition coefficient (Wildman–Crippen LogP) is 2.00. The van der Waals surface area contributed by atoms with E-state index in [9.17, 15) is 21.2 Å². The van der Waals surface area contributed by atoms with Gasteiger partial charge in [0.15, 0.2) is 0 Å². The lowest BCUT2D eigenvalue weighted by Crippen LogP contribution is -2.13. The van der Waals surface area contributed by atoms with Crippen molar-refractivity contribution >= 4 is 31.4 Å². The lowest BCUT2D eigenvalue weighted by atomic mass is 10.3. The molecule has 0 unspecified atom stereocenters. The minimum absolute atomic E-state index is 0.0733. The summed E-state index contributed by atoms with van der Waals surface area (Å²) in [6.07, 6.45) is 0.989. The van der Waals surface area contributed by atoms with Gasteiger partial charge in [-0.3, -0.25) is 9.44 Å². The molecule has 0 saturated heterocycles. The number of nitrogens with one attached hydrogen (secondary N) is 2. The van der Waals surface area contributed by atoms with Crippen LogP contribution in [0.25, 0.3) is 0 Å². The zero-order chi connectivity index (χ0) is 16.4. The Morgan fingerprint density at radius 1 is 0.864 bits per heavy atom. The van der Waals surface area contributed by atoms with Gasteiger partial charge in [0.1, 0.15) is 5.82 Å². The Kier molecular flexibility index (Phi) is 4.38. The van der Waals surface area contributed by atoms with E-state index in [0.29, 0.717) is 0 Å². The zero-order valence-electron chi connectivity index (χ0n) is 11.4. The van der Waals surface area contributed by atoms with Crippen molar-refractivity contribution in [3.8, 4) is 0 Å². The van der Waals surface area contributed by atoms with Crippen molar-refractivity contribution < 1.29 is 21.2 Å². The normalized spacial score (nSPS) is 11.9. The van der Waals surface area contributed by atoms with Crippen LogP contribution in [0.1, 0.15) is 0 Å². The van der Waals surface area contributed by atoms with Gasteiger partial charge in [-0.2, -0.15) is 0 Å². The minimum Gasteiger partial charge on any atom is -0.284 e. The molecule has 0 aliphatic carbocycles. The van der Waals surface area contributed by atoms with Gasteiger partial charge < -0.3 is 0 Å². The molecule has 0 fully saturated rings. The van der Waals surface area contributed by atoms with Crippen molar-refractivity contribution in [2.24, 2.45) is 0 Å². The van der Waals surface area contributed by atoms with Crippen molar-refractivity contribution in [3.05, 3.63) is 54.3 Å². The minimum atomic E-state index is -3.88. The Morgan fingerprint density at radius 2 is 1.50 bits per heavy atom. The monoisotopic (exact) mass is 344 g/mol. The maximum Gasteiger partial charge on any atom is 0.261 e. The fraction of sp³-hybridized carbons (Fsp3) is 0.0769. The van der Waals surface area contributed by atoms with Crippen molar-refractivity contribution in [3.63, 3.8) is 0 Å². The molecule has 0 aromatic heterocycles. The maximum atomic E-state index is 13.1. The molecule has 2 aromatic rings. The molecule has 0 aliphatic rings. The van der Waals surface area contributed by atoms with E-state index in [0.717, 1.165) is 12.3 Å². The molecule has 0 bridgehead atoms. The van der Waals surface area contributed by atoms with Gasteiger partial charge in [-0.1, -0.05) is 6.07 Å². The van der Waals surface area contributed by atoms with E-state index in [-0.39, 0.29) is 16.3 Å². The fourth-order valence-electron chi connectivity index (χ4n) is 1.68. The third-order valence-corrected chi connectivity index (χ3v) is 4.55. The van der Waals surface area contributed by atoms with Crippen LogP contribution in [0.5, 0.6) is 0 Å². The Bertz CT molecular complexity index is 879. The molecule has 0 spiro atoms. The average molecular weight is 344 g/mol. The molecule has 0 atom stereocenters. The first-order valence-electron chi connectivity index (χ1n) is 6.02. The second kappa shape index (κ2) is 5.93. The summed E-state index contributed by atoms with van der Waals surface area (Å²) in [6.45, 7) is 0. The van der Waals surface area contributed by atoms with E-state index in [1.165, 1.54) is 42.5 Å². The highest BCUT2D eigenvalue weighted by molar-refractivity contribution is 7.92. The smallest absolute Gasteiger partial charge is 0.261 e. The van der Waals surface area contributed by atoms with Crippen molar-refractivity contribution in [2.45, 2.75) is 4.90 Å².